The van der Waals surface area contributed by atoms with Crippen LogP contribution in [0.3, 0.4) is 0 Å². The number of nitrogens with two attached hydrogens (primary N) is 1. The second-order valence-electron chi connectivity index (χ2n) is 2.43. The predicted molar refractivity (Wildman–Crippen MR) is 51.0 cm³/mol. The molecule has 0 saturated heterocycles. The molecular formula is C9H14N2O2. The normalized spacial score (nSPS) is 9.69. The average Bonchev–Trinajstić information content (AvgIpc) is 2.04. The molecule has 0 bridgehead atoms. The van der Waals surface area contributed by atoms with Crippen LogP contribution in [0.4, 0.5) is 5.82 Å². The summed E-state index contributed by atoms with van der Waals surface area (Å²) >= 11 is 0. The molecule has 0 atom stereocenters. The fourth-order valence-electron chi connectivity index (χ4n) is 0.973. The Kier molecular flexibility index (Phi) is 3.37. The summed E-state index contributed by atoms with van der Waals surface area (Å²) in [6.45, 7) is 4.99. The zero-order valence-corrected chi connectivity index (χ0v) is 7.91. The molecule has 1 aromatic heterocycles. The zero-order valence-electron chi connectivity index (χ0n) is 7.91. The summed E-state index contributed by atoms with van der Waals surface area (Å²) in [6.07, 6.45) is 0. The number of hydrogen-bond donors (Lipinski definition) is 1. The third-order valence-corrected chi connectivity index (χ3v) is 1.40. The molecule has 1 aromatic rings. The molecule has 0 spiro atoms. The summed E-state index contributed by atoms with van der Waals surface area (Å²) in [7, 11) is 0. The van der Waals surface area contributed by atoms with Gasteiger partial charge in [-0.3, -0.25) is 0 Å². The molecule has 4 heteroatoms. The van der Waals surface area contributed by atoms with E-state index in [4.69, 9.17) is 15.2 Å². The van der Waals surface area contributed by atoms with Crippen molar-refractivity contribution in [1.82, 2.24) is 4.98 Å². The number of ether oxygens (including phenoxy) is 2. The van der Waals surface area contributed by atoms with Gasteiger partial charge in [0.05, 0.1) is 13.2 Å². The Bertz CT molecular complexity index is 252. The first kappa shape index (κ1) is 9.64. The molecule has 0 unspecified atom stereocenters. The Morgan fingerprint density at radius 1 is 1.23 bits per heavy atom. The minimum atomic E-state index is 0.411. The van der Waals surface area contributed by atoms with Crippen molar-refractivity contribution in [3.05, 3.63) is 12.1 Å². The maximum Gasteiger partial charge on any atom is 0.218 e. The molecule has 4 nitrogen and oxygen atoms in total. The van der Waals surface area contributed by atoms with Gasteiger partial charge in [0.25, 0.3) is 0 Å². The predicted octanol–water partition coefficient (Wildman–Crippen LogP) is 1.46. The Morgan fingerprint density at radius 2 is 1.92 bits per heavy atom. The van der Waals surface area contributed by atoms with Gasteiger partial charge >= 0.3 is 0 Å². The largest absolute Gasteiger partial charge is 0.494 e. The van der Waals surface area contributed by atoms with E-state index < -0.39 is 0 Å². The second kappa shape index (κ2) is 4.54. The molecule has 0 amide bonds. The Hall–Kier alpha value is -1.45. The van der Waals surface area contributed by atoms with Gasteiger partial charge in [-0.2, -0.15) is 4.98 Å². The molecule has 2 N–H and O–H groups in total. The van der Waals surface area contributed by atoms with Gasteiger partial charge in [-0.1, -0.05) is 0 Å². The minimum Gasteiger partial charge on any atom is -0.494 e. The fourth-order valence-corrected chi connectivity index (χ4v) is 0.973. The highest BCUT2D eigenvalue weighted by Gasteiger charge is 2.00. The van der Waals surface area contributed by atoms with Crippen molar-refractivity contribution in [3.8, 4) is 11.6 Å². The third-order valence-electron chi connectivity index (χ3n) is 1.40. The lowest BCUT2D eigenvalue weighted by molar-refractivity contribution is 0.314. The van der Waals surface area contributed by atoms with Gasteiger partial charge < -0.3 is 15.2 Å². The number of nitrogen functional groups attached to an aromatic ring is 1. The van der Waals surface area contributed by atoms with E-state index in [9.17, 15) is 0 Å². The van der Waals surface area contributed by atoms with Crippen molar-refractivity contribution in [2.24, 2.45) is 0 Å². The lowest BCUT2D eigenvalue weighted by Crippen LogP contribution is -2.00. The van der Waals surface area contributed by atoms with Crippen LogP contribution in [-0.4, -0.2) is 18.2 Å². The van der Waals surface area contributed by atoms with E-state index in [1.54, 1.807) is 12.1 Å². The number of aromatic nitrogens is 1. The molecule has 0 fully saturated rings. The molecule has 13 heavy (non-hydrogen) atoms. The maximum absolute atomic E-state index is 5.55. The highest BCUT2D eigenvalue weighted by atomic mass is 16.5. The second-order valence-corrected chi connectivity index (χ2v) is 2.43. The monoisotopic (exact) mass is 182 g/mol. The van der Waals surface area contributed by atoms with Crippen LogP contribution in [0.1, 0.15) is 13.8 Å². The molecule has 72 valence electrons. The van der Waals surface area contributed by atoms with Crippen LogP contribution in [0.5, 0.6) is 11.6 Å². The molecule has 0 aliphatic rings. The van der Waals surface area contributed by atoms with Gasteiger partial charge in [-0.05, 0) is 13.8 Å². The standard InChI is InChI=1S/C9H14N2O2/c1-3-12-7-5-8(10)11-9(6-7)13-4-2/h5-6H,3-4H2,1-2H3,(H2,10,11). The maximum atomic E-state index is 5.55. The Morgan fingerprint density at radius 3 is 2.54 bits per heavy atom. The first-order chi connectivity index (χ1) is 6.26. The molecule has 1 heterocycles. The number of anilines is 1. The van der Waals surface area contributed by atoms with Crippen molar-refractivity contribution in [2.75, 3.05) is 18.9 Å². The first-order valence-corrected chi connectivity index (χ1v) is 4.29. The lowest BCUT2D eigenvalue weighted by Gasteiger charge is -2.06. The van der Waals surface area contributed by atoms with Crippen molar-refractivity contribution >= 4 is 5.82 Å². The van der Waals surface area contributed by atoms with Crippen LogP contribution in [0.25, 0.3) is 0 Å². The van der Waals surface area contributed by atoms with Crippen LogP contribution in [0.15, 0.2) is 12.1 Å². The van der Waals surface area contributed by atoms with Crippen LogP contribution in [0.2, 0.25) is 0 Å². The van der Waals surface area contributed by atoms with E-state index in [0.29, 0.717) is 30.7 Å². The van der Waals surface area contributed by atoms with Gasteiger partial charge in [-0.25, -0.2) is 0 Å². The number of pyridine rings is 1. The topological polar surface area (TPSA) is 57.4 Å². The highest BCUT2D eigenvalue weighted by molar-refractivity contribution is 5.40. The van der Waals surface area contributed by atoms with E-state index in [1.165, 1.54) is 0 Å². The molecule has 0 aromatic carbocycles. The quantitative estimate of drug-likeness (QED) is 0.765. The SMILES string of the molecule is CCOc1cc(N)nc(OCC)c1. The summed E-state index contributed by atoms with van der Waals surface area (Å²) in [5.74, 6) is 1.61. The minimum absolute atomic E-state index is 0.411. The van der Waals surface area contributed by atoms with E-state index in [0.717, 1.165) is 0 Å². The van der Waals surface area contributed by atoms with Crippen molar-refractivity contribution < 1.29 is 9.47 Å². The van der Waals surface area contributed by atoms with Gasteiger partial charge in [0, 0.05) is 12.1 Å². The number of nitrogens with zero attached hydrogens (tertiary/aromatic N) is 1. The molecule has 1 rings (SSSR count). The fraction of sp³-hybridized carbons (Fsp3) is 0.444. The van der Waals surface area contributed by atoms with Gasteiger partial charge in [0.1, 0.15) is 11.6 Å². The summed E-state index contributed by atoms with van der Waals surface area (Å²) in [4.78, 5) is 3.98. The van der Waals surface area contributed by atoms with Crippen LogP contribution >= 0.6 is 0 Å². The van der Waals surface area contributed by atoms with Gasteiger partial charge in [0.2, 0.25) is 5.88 Å². The van der Waals surface area contributed by atoms with Crippen LogP contribution in [-0.2, 0) is 0 Å². The lowest BCUT2D eigenvalue weighted by atomic mass is 10.4. The molecule has 0 radical (unpaired) electrons. The van der Waals surface area contributed by atoms with Gasteiger partial charge in [0.15, 0.2) is 0 Å². The summed E-state index contributed by atoms with van der Waals surface area (Å²) < 4.78 is 10.5. The highest BCUT2D eigenvalue weighted by Crippen LogP contribution is 2.20. The molecule has 0 aliphatic heterocycles. The summed E-state index contributed by atoms with van der Waals surface area (Å²) in [6, 6.07) is 3.40. The third kappa shape index (κ3) is 2.82. The van der Waals surface area contributed by atoms with Crippen molar-refractivity contribution in [3.63, 3.8) is 0 Å². The van der Waals surface area contributed by atoms with E-state index in [2.05, 4.69) is 4.98 Å². The Labute approximate surface area is 77.7 Å². The smallest absolute Gasteiger partial charge is 0.218 e. The first-order valence-electron chi connectivity index (χ1n) is 4.29. The van der Waals surface area contributed by atoms with Crippen LogP contribution in [0, 0.1) is 0 Å². The Balaban J connectivity index is 2.83. The van der Waals surface area contributed by atoms with Gasteiger partial charge in [-0.15, -0.1) is 0 Å². The van der Waals surface area contributed by atoms with E-state index in [1.807, 2.05) is 13.8 Å². The van der Waals surface area contributed by atoms with Crippen molar-refractivity contribution in [1.29, 1.82) is 0 Å². The van der Waals surface area contributed by atoms with E-state index in [-0.39, 0.29) is 0 Å². The van der Waals surface area contributed by atoms with E-state index >= 15 is 0 Å². The van der Waals surface area contributed by atoms with Crippen molar-refractivity contribution in [2.45, 2.75) is 13.8 Å². The number of rotatable bonds is 4. The molecular weight excluding hydrogens is 168 g/mol. The van der Waals surface area contributed by atoms with Crippen LogP contribution < -0.4 is 15.2 Å². The zero-order chi connectivity index (χ0) is 9.68. The summed E-state index contributed by atoms with van der Waals surface area (Å²) in [5.41, 5.74) is 5.55. The average molecular weight is 182 g/mol. The number of hydrogen-bond acceptors (Lipinski definition) is 4. The molecule has 0 aliphatic carbocycles. The molecule has 0 saturated carbocycles. The summed E-state index contributed by atoms with van der Waals surface area (Å²) in [5, 5.41) is 0.